The Bertz CT molecular complexity index is 267. The summed E-state index contributed by atoms with van der Waals surface area (Å²) in [6.45, 7) is 4.18. The first kappa shape index (κ1) is 11.9. The summed E-state index contributed by atoms with van der Waals surface area (Å²) < 4.78 is 23.3. The number of aliphatic hydroxyl groups excluding tert-OH is 1. The molecule has 5 heteroatoms. The molecule has 0 bridgehead atoms. The molecule has 0 radical (unpaired) electrons. The second kappa shape index (κ2) is 3.90. The molecule has 1 N–H and O–H groups in total. The first-order chi connectivity index (χ1) is 8.18. The maximum Gasteiger partial charge on any atom is 0.181 e. The Morgan fingerprint density at radius 1 is 0.882 bits per heavy atom. The van der Waals surface area contributed by atoms with Crippen molar-refractivity contribution in [2.24, 2.45) is 5.41 Å². The lowest BCUT2D eigenvalue weighted by atomic mass is 9.66. The third-order valence-electron chi connectivity index (χ3n) is 4.52. The van der Waals surface area contributed by atoms with Crippen molar-refractivity contribution in [1.82, 2.24) is 0 Å². The Morgan fingerprint density at radius 3 is 1.65 bits per heavy atom. The average molecular weight is 244 g/mol. The maximum absolute atomic E-state index is 9.88. The van der Waals surface area contributed by atoms with Crippen molar-refractivity contribution >= 4 is 0 Å². The summed E-state index contributed by atoms with van der Waals surface area (Å²) in [5.74, 6) is -1.49. The largest absolute Gasteiger partial charge is 0.395 e. The van der Waals surface area contributed by atoms with Crippen LogP contribution < -0.4 is 0 Å². The normalized spacial score (nSPS) is 33.5. The molecule has 17 heavy (non-hydrogen) atoms. The zero-order valence-electron chi connectivity index (χ0n) is 10.2. The van der Waals surface area contributed by atoms with E-state index in [0.29, 0.717) is 26.4 Å². The number of ether oxygens (including phenoxy) is 4. The van der Waals surface area contributed by atoms with Gasteiger partial charge in [0.15, 0.2) is 11.6 Å². The molecule has 1 saturated carbocycles. The van der Waals surface area contributed by atoms with Gasteiger partial charge in [-0.3, -0.25) is 0 Å². The Kier molecular flexibility index (Phi) is 2.72. The number of hydrogen-bond acceptors (Lipinski definition) is 5. The van der Waals surface area contributed by atoms with Gasteiger partial charge in [0, 0.05) is 12.8 Å². The fourth-order valence-corrected chi connectivity index (χ4v) is 3.47. The molecule has 0 aromatic rings. The minimum Gasteiger partial charge on any atom is -0.395 e. The van der Waals surface area contributed by atoms with Crippen LogP contribution in [0.25, 0.3) is 0 Å². The van der Waals surface area contributed by atoms with Gasteiger partial charge in [0.2, 0.25) is 0 Å². The van der Waals surface area contributed by atoms with Gasteiger partial charge in [0.05, 0.1) is 38.4 Å². The van der Waals surface area contributed by atoms with E-state index in [1.165, 1.54) is 0 Å². The highest BCUT2D eigenvalue weighted by Gasteiger charge is 2.68. The van der Waals surface area contributed by atoms with Crippen molar-refractivity contribution in [3.8, 4) is 0 Å². The summed E-state index contributed by atoms with van der Waals surface area (Å²) >= 11 is 0. The van der Waals surface area contributed by atoms with E-state index in [1.54, 1.807) is 0 Å². The van der Waals surface area contributed by atoms with Gasteiger partial charge in [-0.05, 0) is 13.3 Å². The van der Waals surface area contributed by atoms with E-state index in [0.717, 1.165) is 19.3 Å². The fraction of sp³-hybridized carbons (Fsp3) is 1.00. The van der Waals surface area contributed by atoms with Gasteiger partial charge in [0.25, 0.3) is 0 Å². The van der Waals surface area contributed by atoms with Crippen molar-refractivity contribution in [3.05, 3.63) is 0 Å². The molecule has 0 aromatic heterocycles. The topological polar surface area (TPSA) is 57.2 Å². The standard InChI is InChI=1S/C12H20O5/c1-10(9-13)11(14-5-6-15-11)3-2-4-12(10)16-7-8-17-12/h13H,2-9H2,1H3. The highest BCUT2D eigenvalue weighted by molar-refractivity contribution is 5.07. The Balaban J connectivity index is 2.00. The van der Waals surface area contributed by atoms with Crippen LogP contribution in [0.2, 0.25) is 0 Å². The van der Waals surface area contributed by atoms with Gasteiger partial charge in [-0.1, -0.05) is 0 Å². The number of aliphatic hydroxyl groups is 1. The molecule has 0 aromatic carbocycles. The smallest absolute Gasteiger partial charge is 0.181 e. The lowest BCUT2D eigenvalue weighted by Crippen LogP contribution is -2.66. The van der Waals surface area contributed by atoms with Gasteiger partial charge < -0.3 is 24.1 Å². The third-order valence-corrected chi connectivity index (χ3v) is 4.52. The van der Waals surface area contributed by atoms with Crippen molar-refractivity contribution in [2.75, 3.05) is 33.0 Å². The van der Waals surface area contributed by atoms with E-state index in [9.17, 15) is 5.11 Å². The van der Waals surface area contributed by atoms with E-state index in [1.807, 2.05) is 6.92 Å². The van der Waals surface area contributed by atoms with Gasteiger partial charge >= 0.3 is 0 Å². The molecule has 3 aliphatic rings. The molecule has 0 amide bonds. The van der Waals surface area contributed by atoms with E-state index in [-0.39, 0.29) is 6.61 Å². The molecule has 5 nitrogen and oxygen atoms in total. The molecular weight excluding hydrogens is 224 g/mol. The van der Waals surface area contributed by atoms with E-state index >= 15 is 0 Å². The van der Waals surface area contributed by atoms with Crippen LogP contribution in [-0.2, 0) is 18.9 Å². The van der Waals surface area contributed by atoms with Crippen LogP contribution in [0.3, 0.4) is 0 Å². The van der Waals surface area contributed by atoms with Crippen LogP contribution in [-0.4, -0.2) is 49.7 Å². The first-order valence-electron chi connectivity index (χ1n) is 6.35. The maximum atomic E-state index is 9.88. The average Bonchev–Trinajstić information content (AvgIpc) is 2.97. The summed E-state index contributed by atoms with van der Waals surface area (Å²) in [4.78, 5) is 0. The van der Waals surface area contributed by atoms with E-state index in [2.05, 4.69) is 0 Å². The van der Waals surface area contributed by atoms with Crippen molar-refractivity contribution in [3.63, 3.8) is 0 Å². The SMILES string of the molecule is CC1(CO)C2(CCCC13OCCO3)OCCO2. The molecule has 2 aliphatic heterocycles. The highest BCUT2D eigenvalue weighted by atomic mass is 16.8. The van der Waals surface area contributed by atoms with Gasteiger partial charge in [-0.2, -0.15) is 0 Å². The Labute approximate surface area is 101 Å². The molecule has 2 heterocycles. The third kappa shape index (κ3) is 1.37. The van der Waals surface area contributed by atoms with Gasteiger partial charge in [0.1, 0.15) is 0 Å². The van der Waals surface area contributed by atoms with Crippen molar-refractivity contribution in [2.45, 2.75) is 37.8 Å². The predicted octanol–water partition coefficient (Wildman–Crippen LogP) is 0.655. The first-order valence-corrected chi connectivity index (χ1v) is 6.35. The van der Waals surface area contributed by atoms with Crippen LogP contribution in [0.4, 0.5) is 0 Å². The summed E-state index contributed by atoms with van der Waals surface area (Å²) in [6.07, 6.45) is 2.51. The molecule has 2 saturated heterocycles. The molecular formula is C12H20O5. The molecule has 2 spiro atoms. The Hall–Kier alpha value is -0.200. The molecule has 3 fully saturated rings. The quantitative estimate of drug-likeness (QED) is 0.734. The van der Waals surface area contributed by atoms with Crippen LogP contribution in [0, 0.1) is 5.41 Å². The zero-order valence-corrected chi connectivity index (χ0v) is 10.2. The molecule has 98 valence electrons. The minimum atomic E-state index is -0.746. The summed E-state index contributed by atoms with van der Waals surface area (Å²) in [7, 11) is 0. The minimum absolute atomic E-state index is 0.0625. The highest BCUT2D eigenvalue weighted by Crippen LogP contribution is 2.57. The second-order valence-electron chi connectivity index (χ2n) is 5.24. The van der Waals surface area contributed by atoms with Gasteiger partial charge in [-0.15, -0.1) is 0 Å². The molecule has 0 atom stereocenters. The van der Waals surface area contributed by atoms with Crippen molar-refractivity contribution in [1.29, 1.82) is 0 Å². The van der Waals surface area contributed by atoms with Crippen LogP contribution in [0.15, 0.2) is 0 Å². The monoisotopic (exact) mass is 244 g/mol. The Morgan fingerprint density at radius 2 is 1.29 bits per heavy atom. The summed E-state index contributed by atoms with van der Waals surface area (Å²) in [5.41, 5.74) is -0.661. The molecule has 3 rings (SSSR count). The second-order valence-corrected chi connectivity index (χ2v) is 5.24. The summed E-state index contributed by atoms with van der Waals surface area (Å²) in [6, 6.07) is 0. The van der Waals surface area contributed by atoms with E-state index < -0.39 is 17.0 Å². The van der Waals surface area contributed by atoms with Gasteiger partial charge in [-0.25, -0.2) is 0 Å². The molecule has 0 unspecified atom stereocenters. The fourth-order valence-electron chi connectivity index (χ4n) is 3.47. The van der Waals surface area contributed by atoms with E-state index in [4.69, 9.17) is 18.9 Å². The van der Waals surface area contributed by atoms with Crippen LogP contribution in [0.5, 0.6) is 0 Å². The molecule has 1 aliphatic carbocycles. The lowest BCUT2D eigenvalue weighted by molar-refractivity contribution is -0.368. The zero-order chi connectivity index (χ0) is 12.0. The van der Waals surface area contributed by atoms with Crippen LogP contribution >= 0.6 is 0 Å². The van der Waals surface area contributed by atoms with Crippen molar-refractivity contribution < 1.29 is 24.1 Å². The summed E-state index contributed by atoms with van der Waals surface area (Å²) in [5, 5.41) is 9.88. The van der Waals surface area contributed by atoms with Crippen LogP contribution in [0.1, 0.15) is 26.2 Å². The number of rotatable bonds is 1. The predicted molar refractivity (Wildman–Crippen MR) is 58.3 cm³/mol. The number of hydrogen-bond donors (Lipinski definition) is 1. The lowest BCUT2D eigenvalue weighted by Gasteiger charge is -2.55.